The van der Waals surface area contributed by atoms with Crippen molar-refractivity contribution in [2.24, 2.45) is 0 Å². The number of nitriles is 1. The smallest absolute Gasteiger partial charge is 0.137 e. The number of nitrogens with zero attached hydrogens (tertiary/aromatic N) is 4. The maximum atomic E-state index is 9.74. The Morgan fingerprint density at radius 3 is 2.62 bits per heavy atom. The summed E-state index contributed by atoms with van der Waals surface area (Å²) in [5.41, 5.74) is 4.36. The van der Waals surface area contributed by atoms with Gasteiger partial charge in [0.15, 0.2) is 0 Å². The second-order valence-electron chi connectivity index (χ2n) is 9.26. The standard InChI is InChI=1S/C30H36N4O3/c1-4-34(5-2)14-17-36-29-18-23(7-6-22(29)3)19-30-32-13-10-27(33-30)24-8-9-28(25(20-24)21-31)37-26-11-15-35-16-12-26/h6-10,13,18,20,26H,4-5,11-12,14-17,19H2,1-3H3. The number of benzene rings is 2. The van der Waals surface area contributed by atoms with E-state index in [4.69, 9.17) is 19.2 Å². The molecule has 0 unspecified atom stereocenters. The normalized spacial score (nSPS) is 13.9. The van der Waals surface area contributed by atoms with Crippen molar-refractivity contribution in [3.63, 3.8) is 0 Å². The Labute approximate surface area is 220 Å². The van der Waals surface area contributed by atoms with Gasteiger partial charge in [0, 0.05) is 37.6 Å². The molecule has 2 heterocycles. The van der Waals surface area contributed by atoms with E-state index < -0.39 is 0 Å². The van der Waals surface area contributed by atoms with Crippen LogP contribution in [0.1, 0.15) is 49.2 Å². The summed E-state index contributed by atoms with van der Waals surface area (Å²) in [5, 5.41) is 9.74. The first kappa shape index (κ1) is 26.6. The van der Waals surface area contributed by atoms with E-state index >= 15 is 0 Å². The number of rotatable bonds is 11. The fourth-order valence-electron chi connectivity index (χ4n) is 4.41. The average molecular weight is 501 g/mol. The van der Waals surface area contributed by atoms with Crippen LogP contribution >= 0.6 is 0 Å². The lowest BCUT2D eigenvalue weighted by Crippen LogP contribution is -2.28. The SMILES string of the molecule is CCN(CC)CCOc1cc(Cc2nccc(-c3ccc(OC4CCOCC4)c(C#N)c3)n2)ccc1C. The molecule has 0 N–H and O–H groups in total. The number of hydrogen-bond acceptors (Lipinski definition) is 7. The van der Waals surface area contributed by atoms with Gasteiger partial charge in [-0.3, -0.25) is 0 Å². The van der Waals surface area contributed by atoms with Gasteiger partial charge >= 0.3 is 0 Å². The topological polar surface area (TPSA) is 80.5 Å². The third-order valence-electron chi connectivity index (χ3n) is 6.74. The van der Waals surface area contributed by atoms with E-state index in [9.17, 15) is 5.26 Å². The Morgan fingerprint density at radius 2 is 1.86 bits per heavy atom. The quantitative estimate of drug-likeness (QED) is 0.358. The summed E-state index contributed by atoms with van der Waals surface area (Å²) < 4.78 is 17.6. The number of aromatic nitrogens is 2. The van der Waals surface area contributed by atoms with E-state index in [0.717, 1.165) is 66.4 Å². The summed E-state index contributed by atoms with van der Waals surface area (Å²) in [6, 6.07) is 16.1. The highest BCUT2D eigenvalue weighted by molar-refractivity contribution is 5.64. The summed E-state index contributed by atoms with van der Waals surface area (Å²) in [5.74, 6) is 2.23. The zero-order valence-corrected chi connectivity index (χ0v) is 22.1. The highest BCUT2D eigenvalue weighted by Gasteiger charge is 2.17. The van der Waals surface area contributed by atoms with Gasteiger partial charge in [-0.25, -0.2) is 9.97 Å². The molecule has 0 amide bonds. The Bertz CT molecular complexity index is 1210. The molecule has 0 radical (unpaired) electrons. The van der Waals surface area contributed by atoms with Gasteiger partial charge < -0.3 is 19.1 Å². The van der Waals surface area contributed by atoms with Crippen LogP contribution in [0.2, 0.25) is 0 Å². The molecule has 0 saturated carbocycles. The van der Waals surface area contributed by atoms with Gasteiger partial charge in [0.2, 0.25) is 0 Å². The van der Waals surface area contributed by atoms with Gasteiger partial charge in [-0.15, -0.1) is 0 Å². The van der Waals surface area contributed by atoms with Crippen LogP contribution in [-0.4, -0.2) is 60.4 Å². The van der Waals surface area contributed by atoms with Crippen LogP contribution in [0.25, 0.3) is 11.3 Å². The molecule has 1 aliphatic rings. The maximum Gasteiger partial charge on any atom is 0.137 e. The van der Waals surface area contributed by atoms with Crippen molar-refractivity contribution in [2.45, 2.75) is 46.1 Å². The van der Waals surface area contributed by atoms with Crippen molar-refractivity contribution < 1.29 is 14.2 Å². The first-order valence-electron chi connectivity index (χ1n) is 13.1. The van der Waals surface area contributed by atoms with Crippen molar-refractivity contribution in [1.29, 1.82) is 5.26 Å². The molecule has 194 valence electrons. The molecular formula is C30H36N4O3. The third-order valence-corrected chi connectivity index (χ3v) is 6.74. The van der Waals surface area contributed by atoms with Crippen LogP contribution < -0.4 is 9.47 Å². The van der Waals surface area contributed by atoms with Gasteiger partial charge in [-0.1, -0.05) is 26.0 Å². The lowest BCUT2D eigenvalue weighted by atomic mass is 10.1. The molecule has 0 bridgehead atoms. The molecule has 4 rings (SSSR count). The Kier molecular flexibility index (Phi) is 9.47. The second-order valence-corrected chi connectivity index (χ2v) is 9.26. The average Bonchev–Trinajstić information content (AvgIpc) is 2.93. The van der Waals surface area contributed by atoms with Gasteiger partial charge in [0.1, 0.15) is 36.1 Å². The predicted molar refractivity (Wildman–Crippen MR) is 144 cm³/mol. The van der Waals surface area contributed by atoms with Crippen LogP contribution in [0, 0.1) is 18.3 Å². The molecule has 0 aliphatic carbocycles. The Balaban J connectivity index is 1.45. The van der Waals surface area contributed by atoms with E-state index in [2.05, 4.69) is 54.9 Å². The predicted octanol–water partition coefficient (Wildman–Crippen LogP) is 5.19. The van der Waals surface area contributed by atoms with Crippen LogP contribution in [-0.2, 0) is 11.2 Å². The van der Waals surface area contributed by atoms with Gasteiger partial charge in [0.25, 0.3) is 0 Å². The number of hydrogen-bond donors (Lipinski definition) is 0. The summed E-state index contributed by atoms with van der Waals surface area (Å²) in [4.78, 5) is 11.6. The minimum Gasteiger partial charge on any atom is -0.492 e. The summed E-state index contributed by atoms with van der Waals surface area (Å²) in [7, 11) is 0. The fourth-order valence-corrected chi connectivity index (χ4v) is 4.41. The second kappa shape index (κ2) is 13.2. The molecular weight excluding hydrogens is 464 g/mol. The molecule has 1 aliphatic heterocycles. The van der Waals surface area contributed by atoms with Crippen molar-refractivity contribution in [3.05, 3.63) is 71.2 Å². The number of aryl methyl sites for hydroxylation is 1. The zero-order chi connectivity index (χ0) is 26.0. The first-order valence-corrected chi connectivity index (χ1v) is 13.1. The van der Waals surface area contributed by atoms with Gasteiger partial charge in [-0.05, 0) is 61.5 Å². The Morgan fingerprint density at radius 1 is 1.05 bits per heavy atom. The van der Waals surface area contributed by atoms with Gasteiger partial charge in [0.05, 0.1) is 24.5 Å². The van der Waals surface area contributed by atoms with Crippen LogP contribution in [0.15, 0.2) is 48.7 Å². The molecule has 7 heteroatoms. The van der Waals surface area contributed by atoms with E-state index in [1.807, 2.05) is 24.3 Å². The molecule has 3 aromatic rings. The Hall–Kier alpha value is -3.47. The van der Waals surface area contributed by atoms with Crippen molar-refractivity contribution in [2.75, 3.05) is 39.5 Å². The van der Waals surface area contributed by atoms with Gasteiger partial charge in [-0.2, -0.15) is 5.26 Å². The largest absolute Gasteiger partial charge is 0.492 e. The summed E-state index contributed by atoms with van der Waals surface area (Å²) in [6.45, 7) is 11.4. The highest BCUT2D eigenvalue weighted by Crippen LogP contribution is 2.28. The van der Waals surface area contributed by atoms with E-state index in [1.54, 1.807) is 6.20 Å². The molecule has 1 fully saturated rings. The monoisotopic (exact) mass is 500 g/mol. The highest BCUT2D eigenvalue weighted by atomic mass is 16.5. The summed E-state index contributed by atoms with van der Waals surface area (Å²) in [6.07, 6.45) is 4.12. The summed E-state index contributed by atoms with van der Waals surface area (Å²) >= 11 is 0. The van der Waals surface area contributed by atoms with E-state index in [0.29, 0.717) is 37.6 Å². The lowest BCUT2D eigenvalue weighted by molar-refractivity contribution is 0.0254. The minimum absolute atomic E-state index is 0.0814. The maximum absolute atomic E-state index is 9.74. The minimum atomic E-state index is 0.0814. The molecule has 0 spiro atoms. The zero-order valence-electron chi connectivity index (χ0n) is 22.1. The lowest BCUT2D eigenvalue weighted by Gasteiger charge is -2.23. The molecule has 1 saturated heterocycles. The fraction of sp³-hybridized carbons (Fsp3) is 0.433. The first-order chi connectivity index (χ1) is 18.1. The van der Waals surface area contributed by atoms with E-state index in [1.165, 1.54) is 0 Å². The van der Waals surface area contributed by atoms with E-state index in [-0.39, 0.29) is 6.10 Å². The van der Waals surface area contributed by atoms with Crippen LogP contribution in [0.3, 0.4) is 0 Å². The molecule has 1 aromatic heterocycles. The van der Waals surface area contributed by atoms with Crippen molar-refractivity contribution in [1.82, 2.24) is 14.9 Å². The molecule has 7 nitrogen and oxygen atoms in total. The molecule has 0 atom stereocenters. The number of likely N-dealkylation sites (N-methyl/N-ethyl adjacent to an activating group) is 1. The van der Waals surface area contributed by atoms with Crippen LogP contribution in [0.5, 0.6) is 11.5 Å². The van der Waals surface area contributed by atoms with Crippen molar-refractivity contribution >= 4 is 0 Å². The number of ether oxygens (including phenoxy) is 3. The third kappa shape index (κ3) is 7.28. The van der Waals surface area contributed by atoms with Crippen molar-refractivity contribution in [3.8, 4) is 28.8 Å². The van der Waals surface area contributed by atoms with Crippen LogP contribution in [0.4, 0.5) is 0 Å². The molecule has 2 aromatic carbocycles. The molecule has 37 heavy (non-hydrogen) atoms.